The largest absolute Gasteiger partial charge is 0.483 e. The van der Waals surface area contributed by atoms with Crippen LogP contribution in [0.15, 0.2) is 53.6 Å². The number of hydrogen-bond acceptors (Lipinski definition) is 3. The normalized spacial score (nSPS) is 10.6. The van der Waals surface area contributed by atoms with Crippen molar-refractivity contribution in [3.05, 3.63) is 65.2 Å². The van der Waals surface area contributed by atoms with E-state index in [1.165, 1.54) is 0 Å². The van der Waals surface area contributed by atoms with Crippen molar-refractivity contribution < 1.29 is 9.53 Å². The number of ether oxygens (including phenoxy) is 1. The molecule has 2 aromatic rings. The second kappa shape index (κ2) is 7.24. The number of benzene rings is 2. The first-order chi connectivity index (χ1) is 10.2. The van der Waals surface area contributed by atoms with Crippen molar-refractivity contribution in [3.8, 4) is 5.75 Å². The Hall–Kier alpha value is -2.62. The van der Waals surface area contributed by atoms with Gasteiger partial charge in [0.05, 0.1) is 6.21 Å². The fourth-order valence-corrected chi connectivity index (χ4v) is 1.80. The molecule has 4 nitrogen and oxygen atoms in total. The van der Waals surface area contributed by atoms with Gasteiger partial charge in [-0.2, -0.15) is 5.10 Å². The third kappa shape index (κ3) is 4.45. The first-order valence-electron chi connectivity index (χ1n) is 6.73. The number of aryl methyl sites for hydroxylation is 2. The Bertz CT molecular complexity index is 651. The zero-order valence-corrected chi connectivity index (χ0v) is 12.2. The highest BCUT2D eigenvalue weighted by Crippen LogP contribution is 2.15. The molecule has 0 saturated heterocycles. The van der Waals surface area contributed by atoms with E-state index >= 15 is 0 Å². The zero-order chi connectivity index (χ0) is 15.1. The van der Waals surface area contributed by atoms with Crippen LogP contribution in [0.5, 0.6) is 5.75 Å². The molecule has 0 atom stereocenters. The predicted octanol–water partition coefficient (Wildman–Crippen LogP) is 2.83. The van der Waals surface area contributed by atoms with Gasteiger partial charge in [-0.25, -0.2) is 5.43 Å². The van der Waals surface area contributed by atoms with Gasteiger partial charge >= 0.3 is 0 Å². The maximum atomic E-state index is 11.7. The molecule has 0 aromatic heterocycles. The number of amides is 1. The summed E-state index contributed by atoms with van der Waals surface area (Å²) in [7, 11) is 0. The van der Waals surface area contributed by atoms with Gasteiger partial charge in [-0.3, -0.25) is 4.79 Å². The van der Waals surface area contributed by atoms with Gasteiger partial charge in [-0.15, -0.1) is 0 Å². The van der Waals surface area contributed by atoms with Gasteiger partial charge in [-0.05, 0) is 36.6 Å². The summed E-state index contributed by atoms with van der Waals surface area (Å²) in [6.45, 7) is 3.87. The molecule has 0 spiro atoms. The van der Waals surface area contributed by atoms with Crippen molar-refractivity contribution in [2.24, 2.45) is 5.10 Å². The molecule has 2 rings (SSSR count). The first kappa shape index (κ1) is 14.8. The van der Waals surface area contributed by atoms with E-state index in [0.717, 1.165) is 16.7 Å². The second-order valence-electron chi connectivity index (χ2n) is 4.70. The molecule has 0 aliphatic heterocycles. The van der Waals surface area contributed by atoms with E-state index in [9.17, 15) is 4.79 Å². The Morgan fingerprint density at radius 2 is 1.76 bits per heavy atom. The molecule has 0 unspecified atom stereocenters. The molecule has 1 amide bonds. The lowest BCUT2D eigenvalue weighted by atomic mass is 10.1. The van der Waals surface area contributed by atoms with Crippen LogP contribution in [0.1, 0.15) is 16.7 Å². The average Bonchev–Trinajstić information content (AvgIpc) is 2.48. The maximum Gasteiger partial charge on any atom is 0.277 e. The van der Waals surface area contributed by atoms with Crippen molar-refractivity contribution in [2.75, 3.05) is 6.61 Å². The van der Waals surface area contributed by atoms with Crippen molar-refractivity contribution in [1.29, 1.82) is 0 Å². The van der Waals surface area contributed by atoms with Gasteiger partial charge in [0.25, 0.3) is 5.91 Å². The molecule has 0 bridgehead atoms. The third-order valence-electron chi connectivity index (χ3n) is 3.03. The molecule has 0 radical (unpaired) electrons. The molecule has 21 heavy (non-hydrogen) atoms. The van der Waals surface area contributed by atoms with Gasteiger partial charge in [0.2, 0.25) is 0 Å². The highest BCUT2D eigenvalue weighted by Gasteiger charge is 2.03. The van der Waals surface area contributed by atoms with Gasteiger partial charge < -0.3 is 4.74 Å². The molecular weight excluding hydrogens is 264 g/mol. The van der Waals surface area contributed by atoms with Crippen LogP contribution in [0.4, 0.5) is 0 Å². The van der Waals surface area contributed by atoms with E-state index in [1.54, 1.807) is 6.21 Å². The number of nitrogens with zero attached hydrogens (tertiary/aromatic N) is 1. The summed E-state index contributed by atoms with van der Waals surface area (Å²) in [6, 6.07) is 15.4. The number of para-hydroxylation sites is 1. The summed E-state index contributed by atoms with van der Waals surface area (Å²) in [5, 5.41) is 3.93. The van der Waals surface area contributed by atoms with Crippen LogP contribution in [0.2, 0.25) is 0 Å². The van der Waals surface area contributed by atoms with Gasteiger partial charge in [0.15, 0.2) is 6.61 Å². The minimum Gasteiger partial charge on any atom is -0.483 e. The molecular formula is C17H18N2O2. The number of nitrogens with one attached hydrogen (secondary N) is 1. The molecule has 0 fully saturated rings. The molecule has 0 heterocycles. The van der Waals surface area contributed by atoms with Crippen LogP contribution in [0.3, 0.4) is 0 Å². The molecule has 1 N–H and O–H groups in total. The van der Waals surface area contributed by atoms with E-state index in [4.69, 9.17) is 4.74 Å². The summed E-state index contributed by atoms with van der Waals surface area (Å²) in [5.41, 5.74) is 5.52. The Kier molecular flexibility index (Phi) is 5.10. The summed E-state index contributed by atoms with van der Waals surface area (Å²) in [5.74, 6) is 0.415. The van der Waals surface area contributed by atoms with E-state index in [1.807, 2.05) is 62.4 Å². The minimum atomic E-state index is -0.289. The van der Waals surface area contributed by atoms with E-state index < -0.39 is 0 Å². The Balaban J connectivity index is 1.83. The van der Waals surface area contributed by atoms with Crippen LogP contribution >= 0.6 is 0 Å². The van der Waals surface area contributed by atoms with Crippen molar-refractivity contribution in [3.63, 3.8) is 0 Å². The summed E-state index contributed by atoms with van der Waals surface area (Å²) >= 11 is 0. The summed E-state index contributed by atoms with van der Waals surface area (Å²) in [6.07, 6.45) is 1.63. The first-order valence-corrected chi connectivity index (χ1v) is 6.73. The lowest BCUT2D eigenvalue weighted by molar-refractivity contribution is -0.123. The number of rotatable bonds is 5. The van der Waals surface area contributed by atoms with Crippen LogP contribution in [-0.4, -0.2) is 18.7 Å². The van der Waals surface area contributed by atoms with Gasteiger partial charge in [0.1, 0.15) is 5.75 Å². The minimum absolute atomic E-state index is 0.0596. The van der Waals surface area contributed by atoms with Gasteiger partial charge in [0, 0.05) is 0 Å². The molecule has 0 aliphatic rings. The monoisotopic (exact) mass is 282 g/mol. The lowest BCUT2D eigenvalue weighted by Gasteiger charge is -2.07. The van der Waals surface area contributed by atoms with Crippen molar-refractivity contribution in [1.82, 2.24) is 5.43 Å². The Morgan fingerprint density at radius 1 is 1.10 bits per heavy atom. The van der Waals surface area contributed by atoms with Crippen LogP contribution in [0, 0.1) is 13.8 Å². The number of hydrogen-bond donors (Lipinski definition) is 1. The highest BCUT2D eigenvalue weighted by atomic mass is 16.5. The quantitative estimate of drug-likeness (QED) is 0.677. The van der Waals surface area contributed by atoms with Gasteiger partial charge in [-0.1, -0.05) is 42.5 Å². The molecule has 0 aliphatic carbocycles. The molecule has 4 heteroatoms. The summed E-state index contributed by atoms with van der Waals surface area (Å²) < 4.78 is 5.44. The fraction of sp³-hybridized carbons (Fsp3) is 0.176. The standard InChI is InChI=1S/C17H18N2O2/c1-13-7-3-5-9-15(13)11-18-19-17(20)12-21-16-10-6-4-8-14(16)2/h3-11H,12H2,1-2H3,(H,19,20)/b18-11+. The van der Waals surface area contributed by atoms with E-state index in [-0.39, 0.29) is 12.5 Å². The molecule has 2 aromatic carbocycles. The fourth-order valence-electron chi connectivity index (χ4n) is 1.80. The Labute approximate surface area is 124 Å². The molecule has 0 saturated carbocycles. The number of carbonyl (C=O) groups is 1. The average molecular weight is 282 g/mol. The third-order valence-corrected chi connectivity index (χ3v) is 3.03. The lowest BCUT2D eigenvalue weighted by Crippen LogP contribution is -2.24. The van der Waals surface area contributed by atoms with E-state index in [2.05, 4.69) is 10.5 Å². The van der Waals surface area contributed by atoms with Crippen molar-refractivity contribution >= 4 is 12.1 Å². The summed E-state index contributed by atoms with van der Waals surface area (Å²) in [4.78, 5) is 11.7. The number of carbonyl (C=O) groups excluding carboxylic acids is 1. The van der Waals surface area contributed by atoms with Crippen molar-refractivity contribution in [2.45, 2.75) is 13.8 Å². The van der Waals surface area contributed by atoms with Crippen LogP contribution < -0.4 is 10.2 Å². The van der Waals surface area contributed by atoms with Crippen LogP contribution in [-0.2, 0) is 4.79 Å². The topological polar surface area (TPSA) is 50.7 Å². The zero-order valence-electron chi connectivity index (χ0n) is 12.2. The number of hydrazone groups is 1. The second-order valence-corrected chi connectivity index (χ2v) is 4.70. The maximum absolute atomic E-state index is 11.7. The SMILES string of the molecule is Cc1ccccc1/C=N/NC(=O)COc1ccccc1C. The van der Waals surface area contributed by atoms with E-state index in [0.29, 0.717) is 5.75 Å². The smallest absolute Gasteiger partial charge is 0.277 e. The highest BCUT2D eigenvalue weighted by molar-refractivity contribution is 5.84. The Morgan fingerprint density at radius 3 is 2.48 bits per heavy atom. The molecule has 108 valence electrons. The predicted molar refractivity (Wildman–Crippen MR) is 83.6 cm³/mol. The van der Waals surface area contributed by atoms with Crippen LogP contribution in [0.25, 0.3) is 0 Å².